The van der Waals surface area contributed by atoms with Gasteiger partial charge in [-0.2, -0.15) is 0 Å². The van der Waals surface area contributed by atoms with Crippen molar-refractivity contribution in [3.05, 3.63) is 35.7 Å². The maximum atomic E-state index is 12.6. The second kappa shape index (κ2) is 6.79. The van der Waals surface area contributed by atoms with Crippen LogP contribution in [0.15, 0.2) is 28.7 Å². The Morgan fingerprint density at radius 2 is 1.78 bits per heavy atom. The first-order valence-corrected chi connectivity index (χ1v) is 9.46. The van der Waals surface area contributed by atoms with Crippen molar-refractivity contribution in [3.8, 4) is 11.5 Å². The van der Waals surface area contributed by atoms with Gasteiger partial charge in [-0.05, 0) is 62.3 Å². The van der Waals surface area contributed by atoms with Gasteiger partial charge in [0.2, 0.25) is 17.7 Å². The molecule has 1 aliphatic carbocycles. The molecule has 1 saturated carbocycles. The molecule has 27 heavy (non-hydrogen) atoms. The normalized spacial score (nSPS) is 19.0. The highest BCUT2D eigenvalue weighted by molar-refractivity contribution is 5.97. The summed E-state index contributed by atoms with van der Waals surface area (Å²) in [7, 11) is 0. The van der Waals surface area contributed by atoms with E-state index in [4.69, 9.17) is 4.42 Å². The predicted molar refractivity (Wildman–Crippen MR) is 98.9 cm³/mol. The van der Waals surface area contributed by atoms with Crippen LogP contribution in [0.25, 0.3) is 11.5 Å². The van der Waals surface area contributed by atoms with Crippen LogP contribution < -0.4 is 5.32 Å². The summed E-state index contributed by atoms with van der Waals surface area (Å²) >= 11 is 0. The maximum absolute atomic E-state index is 12.6. The molecular formula is C20H24N4O3. The van der Waals surface area contributed by atoms with Gasteiger partial charge in [0.05, 0.1) is 0 Å². The van der Waals surface area contributed by atoms with Crippen LogP contribution in [0, 0.1) is 12.3 Å². The molecule has 4 rings (SSSR count). The molecule has 2 aromatic rings. The number of piperidine rings is 1. The number of aromatic nitrogens is 2. The predicted octanol–water partition coefficient (Wildman–Crippen LogP) is 2.57. The fourth-order valence-electron chi connectivity index (χ4n) is 3.67. The van der Waals surface area contributed by atoms with Gasteiger partial charge in [0, 0.05) is 31.1 Å². The molecule has 7 heteroatoms. The number of nitrogens with one attached hydrogen (secondary N) is 1. The number of amides is 2. The van der Waals surface area contributed by atoms with E-state index in [1.54, 1.807) is 38.1 Å². The van der Waals surface area contributed by atoms with Gasteiger partial charge in [0.25, 0.3) is 5.91 Å². The Kier molecular flexibility index (Phi) is 4.45. The van der Waals surface area contributed by atoms with Gasteiger partial charge in [-0.3, -0.25) is 9.59 Å². The summed E-state index contributed by atoms with van der Waals surface area (Å²) in [4.78, 5) is 27.0. The highest BCUT2D eigenvalue weighted by atomic mass is 16.4. The number of benzene rings is 1. The standard InChI is InChI=1S/C20H24N4O3/c1-13(19(26)24-11-9-20(7-8-20)10-12-24)21-17(25)15-3-5-16(6-4-15)18-23-22-14(2)27-18/h3-6,13H,7-12H2,1-2H3,(H,21,25)/t13-/m0/s1. The Hall–Kier alpha value is -2.70. The lowest BCUT2D eigenvalue weighted by Gasteiger charge is -2.33. The first kappa shape index (κ1) is 17.7. The molecule has 2 heterocycles. The molecule has 1 aliphatic heterocycles. The van der Waals surface area contributed by atoms with Crippen molar-refractivity contribution < 1.29 is 14.0 Å². The van der Waals surface area contributed by atoms with E-state index in [0.29, 0.717) is 22.8 Å². The first-order valence-electron chi connectivity index (χ1n) is 9.46. The van der Waals surface area contributed by atoms with Crippen molar-refractivity contribution in [1.29, 1.82) is 0 Å². The highest BCUT2D eigenvalue weighted by Gasteiger charge is 2.45. The molecule has 2 fully saturated rings. The molecule has 1 saturated heterocycles. The van der Waals surface area contributed by atoms with Crippen molar-refractivity contribution >= 4 is 11.8 Å². The maximum Gasteiger partial charge on any atom is 0.251 e. The summed E-state index contributed by atoms with van der Waals surface area (Å²) in [5, 5.41) is 10.6. The largest absolute Gasteiger partial charge is 0.421 e. The number of rotatable bonds is 4. The summed E-state index contributed by atoms with van der Waals surface area (Å²) in [5.41, 5.74) is 1.77. The Morgan fingerprint density at radius 1 is 1.11 bits per heavy atom. The van der Waals surface area contributed by atoms with Crippen LogP contribution >= 0.6 is 0 Å². The Labute approximate surface area is 158 Å². The van der Waals surface area contributed by atoms with Crippen molar-refractivity contribution in [2.24, 2.45) is 5.41 Å². The van der Waals surface area contributed by atoms with E-state index in [1.807, 2.05) is 4.90 Å². The second-order valence-electron chi connectivity index (χ2n) is 7.72. The zero-order valence-corrected chi connectivity index (χ0v) is 15.7. The van der Waals surface area contributed by atoms with Gasteiger partial charge in [0.1, 0.15) is 6.04 Å². The topological polar surface area (TPSA) is 88.3 Å². The minimum Gasteiger partial charge on any atom is -0.421 e. The van der Waals surface area contributed by atoms with E-state index in [0.717, 1.165) is 31.5 Å². The smallest absolute Gasteiger partial charge is 0.251 e. The van der Waals surface area contributed by atoms with Gasteiger partial charge < -0.3 is 14.6 Å². The van der Waals surface area contributed by atoms with Crippen LogP contribution in [0.1, 0.15) is 48.9 Å². The highest BCUT2D eigenvalue weighted by Crippen LogP contribution is 2.53. The number of hydrogen-bond acceptors (Lipinski definition) is 5. The van der Waals surface area contributed by atoms with E-state index >= 15 is 0 Å². The summed E-state index contributed by atoms with van der Waals surface area (Å²) < 4.78 is 5.38. The second-order valence-corrected chi connectivity index (χ2v) is 7.72. The molecule has 0 bridgehead atoms. The number of nitrogens with zero attached hydrogens (tertiary/aromatic N) is 3. The van der Waals surface area contributed by atoms with Crippen molar-refractivity contribution in [2.75, 3.05) is 13.1 Å². The van der Waals surface area contributed by atoms with E-state index in [9.17, 15) is 9.59 Å². The molecule has 2 amide bonds. The number of aryl methyl sites for hydroxylation is 1. The lowest BCUT2D eigenvalue weighted by molar-refractivity contribution is -0.134. The van der Waals surface area contributed by atoms with Crippen LogP contribution in [-0.2, 0) is 4.79 Å². The quantitative estimate of drug-likeness (QED) is 0.896. The summed E-state index contributed by atoms with van der Waals surface area (Å²) in [5.74, 6) is 0.641. The molecule has 1 aromatic carbocycles. The molecular weight excluding hydrogens is 344 g/mol. The third-order valence-corrected chi connectivity index (χ3v) is 5.73. The third-order valence-electron chi connectivity index (χ3n) is 5.73. The zero-order chi connectivity index (χ0) is 19.0. The lowest BCUT2D eigenvalue weighted by atomic mass is 9.93. The van der Waals surface area contributed by atoms with Crippen molar-refractivity contribution in [3.63, 3.8) is 0 Å². The van der Waals surface area contributed by atoms with Gasteiger partial charge in [0.15, 0.2) is 0 Å². The monoisotopic (exact) mass is 368 g/mol. The van der Waals surface area contributed by atoms with Gasteiger partial charge in [-0.1, -0.05) is 0 Å². The van der Waals surface area contributed by atoms with Crippen LogP contribution in [0.4, 0.5) is 0 Å². The molecule has 1 N–H and O–H groups in total. The van der Waals surface area contributed by atoms with Crippen molar-refractivity contribution in [2.45, 2.75) is 45.6 Å². The summed E-state index contributed by atoms with van der Waals surface area (Å²) in [6, 6.07) is 6.37. The zero-order valence-electron chi connectivity index (χ0n) is 15.7. The number of hydrogen-bond donors (Lipinski definition) is 1. The molecule has 7 nitrogen and oxygen atoms in total. The Bertz CT molecular complexity index is 844. The Balaban J connectivity index is 1.34. The fourth-order valence-corrected chi connectivity index (χ4v) is 3.67. The summed E-state index contributed by atoms with van der Waals surface area (Å²) in [6.45, 7) is 5.08. The molecule has 2 aliphatic rings. The summed E-state index contributed by atoms with van der Waals surface area (Å²) in [6.07, 6.45) is 4.80. The number of likely N-dealkylation sites (tertiary alicyclic amines) is 1. The molecule has 1 atom stereocenters. The van der Waals surface area contributed by atoms with Gasteiger partial charge >= 0.3 is 0 Å². The Morgan fingerprint density at radius 3 is 2.33 bits per heavy atom. The van der Waals surface area contributed by atoms with E-state index in [2.05, 4.69) is 15.5 Å². The van der Waals surface area contributed by atoms with Crippen LogP contribution in [0.5, 0.6) is 0 Å². The molecule has 1 aromatic heterocycles. The average molecular weight is 368 g/mol. The molecule has 142 valence electrons. The molecule has 1 spiro atoms. The minimum absolute atomic E-state index is 0.00296. The first-order chi connectivity index (χ1) is 13.0. The minimum atomic E-state index is -0.538. The lowest BCUT2D eigenvalue weighted by Crippen LogP contribution is -2.49. The number of carbonyl (C=O) groups is 2. The SMILES string of the molecule is Cc1nnc(-c2ccc(C(=O)N[C@@H](C)C(=O)N3CCC4(CC3)CC4)cc2)o1. The third kappa shape index (κ3) is 3.72. The van der Waals surface area contributed by atoms with Crippen molar-refractivity contribution in [1.82, 2.24) is 20.4 Å². The van der Waals surface area contributed by atoms with Crippen LogP contribution in [0.3, 0.4) is 0 Å². The van der Waals surface area contributed by atoms with Gasteiger partial charge in [-0.25, -0.2) is 0 Å². The van der Waals surface area contributed by atoms with Crippen LogP contribution in [0.2, 0.25) is 0 Å². The average Bonchev–Trinajstić information content (AvgIpc) is 3.29. The fraction of sp³-hybridized carbons (Fsp3) is 0.500. The molecule has 0 radical (unpaired) electrons. The number of carbonyl (C=O) groups excluding carboxylic acids is 2. The van der Waals surface area contributed by atoms with E-state index in [-0.39, 0.29) is 11.8 Å². The van der Waals surface area contributed by atoms with E-state index < -0.39 is 6.04 Å². The van der Waals surface area contributed by atoms with Gasteiger partial charge in [-0.15, -0.1) is 10.2 Å². The van der Waals surface area contributed by atoms with Crippen LogP contribution in [-0.4, -0.2) is 46.0 Å². The molecule has 0 unspecified atom stereocenters. The van der Waals surface area contributed by atoms with E-state index in [1.165, 1.54) is 12.8 Å².